The van der Waals surface area contributed by atoms with Gasteiger partial charge in [-0.1, -0.05) is 0 Å². The molecule has 45 heavy (non-hydrogen) atoms. The van der Waals surface area contributed by atoms with E-state index in [0.717, 1.165) is 28.1 Å². The van der Waals surface area contributed by atoms with Crippen LogP contribution in [0.1, 0.15) is 52.5 Å². The fourth-order valence-corrected chi connectivity index (χ4v) is 6.42. The molecule has 2 amide bonds. The normalized spacial score (nSPS) is 14.6. The largest absolute Gasteiger partial charge is 0.435 e. The van der Waals surface area contributed by atoms with Crippen LogP contribution >= 0.6 is 11.3 Å². The number of aryl methyl sites for hydroxylation is 2. The second kappa shape index (κ2) is 11.9. The number of nitrogens with one attached hydrogen (secondary N) is 1. The molecule has 16 heteroatoms. The van der Waals surface area contributed by atoms with Gasteiger partial charge in [0.05, 0.1) is 28.9 Å². The number of hydrogen-bond acceptors (Lipinski definition) is 6. The highest BCUT2D eigenvalue weighted by Crippen LogP contribution is 2.33. The van der Waals surface area contributed by atoms with Gasteiger partial charge in [-0.25, -0.2) is 4.68 Å². The Bertz CT molecular complexity index is 1800. The second-order valence-corrected chi connectivity index (χ2v) is 12.5. The smallest absolute Gasteiger partial charge is 0.348 e. The highest BCUT2D eigenvalue weighted by molar-refractivity contribution is 7.12. The number of rotatable bonds is 9. The maximum absolute atomic E-state index is 13.9. The molecular formula is C29H30F5N7O3S. The quantitative estimate of drug-likeness (QED) is 0.270. The van der Waals surface area contributed by atoms with E-state index in [1.165, 1.54) is 52.4 Å². The first-order valence-electron chi connectivity index (χ1n) is 13.9. The van der Waals surface area contributed by atoms with Crippen molar-refractivity contribution >= 4 is 23.2 Å². The van der Waals surface area contributed by atoms with Crippen LogP contribution in [-0.2, 0) is 37.4 Å². The standard InChI is InChI=1S/C29H30F5N7O3S/c1-16-14-45-24-19(16)7-8-39(26(24)44)21(9-17-11-35-40(12-17)27(30)31)25(43)36-28(2,3)15-41-20(10-22(37-41)29(32,33)34)18-5-6-23(42)38(4)13-18/h5-6,10-14,21,27H,7-9,15H2,1-4H3,(H,36,43). The fraction of sp³-hybridized carbons (Fsp3) is 0.414. The highest BCUT2D eigenvalue weighted by atomic mass is 32.1. The van der Waals surface area contributed by atoms with E-state index in [4.69, 9.17) is 0 Å². The van der Waals surface area contributed by atoms with Crippen LogP contribution in [0.5, 0.6) is 0 Å². The molecule has 10 nitrogen and oxygen atoms in total. The van der Waals surface area contributed by atoms with Crippen LogP contribution < -0.4 is 10.9 Å². The van der Waals surface area contributed by atoms with Gasteiger partial charge >= 0.3 is 12.7 Å². The zero-order valence-electron chi connectivity index (χ0n) is 24.7. The van der Waals surface area contributed by atoms with E-state index >= 15 is 0 Å². The fourth-order valence-electron chi connectivity index (χ4n) is 5.36. The number of fused-ring (bicyclic) bond motifs is 1. The van der Waals surface area contributed by atoms with Gasteiger partial charge in [-0.3, -0.25) is 19.1 Å². The number of carbonyl (C=O) groups excluding carboxylic acids is 2. The number of amides is 2. The van der Waals surface area contributed by atoms with Crippen molar-refractivity contribution in [2.45, 2.75) is 64.5 Å². The second-order valence-electron chi connectivity index (χ2n) is 11.6. The summed E-state index contributed by atoms with van der Waals surface area (Å²) in [5.41, 5.74) is -0.172. The first kappa shape index (κ1) is 32.1. The average molecular weight is 652 g/mol. The molecule has 1 aliphatic rings. The predicted octanol–water partition coefficient (Wildman–Crippen LogP) is 4.43. The summed E-state index contributed by atoms with van der Waals surface area (Å²) in [5, 5.41) is 12.1. The lowest BCUT2D eigenvalue weighted by atomic mass is 9.98. The summed E-state index contributed by atoms with van der Waals surface area (Å²) < 4.78 is 70.4. The van der Waals surface area contributed by atoms with Crippen LogP contribution in [0.2, 0.25) is 0 Å². The summed E-state index contributed by atoms with van der Waals surface area (Å²) in [4.78, 5) is 41.3. The van der Waals surface area contributed by atoms with Crippen molar-refractivity contribution < 1.29 is 31.5 Å². The number of alkyl halides is 5. The van der Waals surface area contributed by atoms with E-state index in [1.54, 1.807) is 13.8 Å². The minimum atomic E-state index is -4.75. The number of hydrogen-bond donors (Lipinski definition) is 1. The number of carbonyl (C=O) groups is 2. The lowest BCUT2D eigenvalue weighted by Gasteiger charge is -2.36. The maximum Gasteiger partial charge on any atom is 0.435 e. The number of nitrogens with zero attached hydrogens (tertiary/aromatic N) is 6. The van der Waals surface area contributed by atoms with E-state index in [-0.39, 0.29) is 36.7 Å². The van der Waals surface area contributed by atoms with E-state index in [2.05, 4.69) is 15.5 Å². The van der Waals surface area contributed by atoms with Crippen molar-refractivity contribution in [3.63, 3.8) is 0 Å². The Hall–Kier alpha value is -4.34. The van der Waals surface area contributed by atoms with Crippen LogP contribution in [-0.4, -0.2) is 59.0 Å². The van der Waals surface area contributed by atoms with E-state index in [9.17, 15) is 36.3 Å². The van der Waals surface area contributed by atoms with Crippen LogP contribution in [0.3, 0.4) is 0 Å². The summed E-state index contributed by atoms with van der Waals surface area (Å²) in [6, 6.07) is 2.35. The molecule has 240 valence electrons. The Morgan fingerprint density at radius 3 is 2.53 bits per heavy atom. The average Bonchev–Trinajstić information content (AvgIpc) is 3.68. The van der Waals surface area contributed by atoms with Crippen molar-refractivity contribution in [1.82, 2.24) is 34.3 Å². The summed E-state index contributed by atoms with van der Waals surface area (Å²) in [6.45, 7) is 2.17. The summed E-state index contributed by atoms with van der Waals surface area (Å²) in [6.07, 6.45) is -0.684. The molecule has 0 saturated carbocycles. The van der Waals surface area contributed by atoms with Crippen molar-refractivity contribution in [3.8, 4) is 11.3 Å². The zero-order valence-corrected chi connectivity index (χ0v) is 25.5. The molecular weight excluding hydrogens is 621 g/mol. The summed E-state index contributed by atoms with van der Waals surface area (Å²) >= 11 is 1.26. The van der Waals surface area contributed by atoms with Gasteiger partial charge < -0.3 is 14.8 Å². The molecule has 0 spiro atoms. The van der Waals surface area contributed by atoms with E-state index in [0.29, 0.717) is 27.1 Å². The van der Waals surface area contributed by atoms with Crippen molar-refractivity contribution in [1.29, 1.82) is 0 Å². The van der Waals surface area contributed by atoms with Crippen LogP contribution in [0.15, 0.2) is 47.0 Å². The Balaban J connectivity index is 1.45. The molecule has 1 unspecified atom stereocenters. The molecule has 5 heterocycles. The van der Waals surface area contributed by atoms with Gasteiger partial charge in [0.2, 0.25) is 11.5 Å². The minimum Gasteiger partial charge on any atom is -0.348 e. The number of halogens is 5. The van der Waals surface area contributed by atoms with Gasteiger partial charge in [-0.2, -0.15) is 32.1 Å². The molecule has 0 radical (unpaired) electrons. The van der Waals surface area contributed by atoms with Crippen molar-refractivity contribution in [2.75, 3.05) is 6.54 Å². The SMILES string of the molecule is Cc1csc2c1CCN(C(Cc1cnn(C(F)F)c1)C(=O)NC(C)(C)Cn1nc(C(F)(F)F)cc1-c1ccc(=O)n(C)c1)C2=O. The molecule has 1 aliphatic heterocycles. The monoisotopic (exact) mass is 651 g/mol. The molecule has 4 aromatic heterocycles. The molecule has 1 atom stereocenters. The van der Waals surface area contributed by atoms with Crippen LogP contribution in [0.25, 0.3) is 11.3 Å². The molecule has 0 fully saturated rings. The van der Waals surface area contributed by atoms with Crippen molar-refractivity contribution in [2.24, 2.45) is 7.05 Å². The van der Waals surface area contributed by atoms with Gasteiger partial charge in [0.25, 0.3) is 5.91 Å². The molecule has 4 aromatic rings. The Morgan fingerprint density at radius 2 is 1.89 bits per heavy atom. The van der Waals surface area contributed by atoms with Gasteiger partial charge in [-0.05, 0) is 61.4 Å². The van der Waals surface area contributed by atoms with Crippen LogP contribution in [0.4, 0.5) is 22.0 Å². The third-order valence-electron chi connectivity index (χ3n) is 7.58. The number of thiophene rings is 1. The lowest BCUT2D eigenvalue weighted by molar-refractivity contribution is -0.141. The first-order valence-corrected chi connectivity index (χ1v) is 14.8. The van der Waals surface area contributed by atoms with E-state index in [1.807, 2.05) is 12.3 Å². The molecule has 0 aromatic carbocycles. The minimum absolute atomic E-state index is 0.0722. The summed E-state index contributed by atoms with van der Waals surface area (Å²) in [5.74, 6) is -0.992. The van der Waals surface area contributed by atoms with Crippen molar-refractivity contribution in [3.05, 3.63) is 79.8 Å². The molecule has 0 bridgehead atoms. The highest BCUT2D eigenvalue weighted by Gasteiger charge is 2.39. The van der Waals surface area contributed by atoms with Gasteiger partial charge in [0.1, 0.15) is 6.04 Å². The third-order valence-corrected chi connectivity index (χ3v) is 8.71. The Kier molecular flexibility index (Phi) is 8.46. The molecule has 5 rings (SSSR count). The Morgan fingerprint density at radius 1 is 1.16 bits per heavy atom. The lowest BCUT2D eigenvalue weighted by Crippen LogP contribution is -2.57. The number of aromatic nitrogens is 5. The molecule has 0 saturated heterocycles. The maximum atomic E-state index is 13.9. The van der Waals surface area contributed by atoms with Crippen LogP contribution in [0, 0.1) is 6.92 Å². The Labute approximate surface area is 258 Å². The summed E-state index contributed by atoms with van der Waals surface area (Å²) in [7, 11) is 1.47. The third kappa shape index (κ3) is 6.70. The van der Waals surface area contributed by atoms with Gasteiger partial charge in [0.15, 0.2) is 5.69 Å². The number of pyridine rings is 1. The van der Waals surface area contributed by atoms with Gasteiger partial charge in [0, 0.05) is 44.0 Å². The van der Waals surface area contributed by atoms with Gasteiger partial charge in [-0.15, -0.1) is 11.3 Å². The molecule has 0 aliphatic carbocycles. The van der Waals surface area contributed by atoms with E-state index < -0.39 is 35.9 Å². The zero-order chi connectivity index (χ0) is 32.8. The first-order chi connectivity index (χ1) is 21.0. The molecule has 1 N–H and O–H groups in total. The topological polar surface area (TPSA) is 107 Å². The predicted molar refractivity (Wildman–Crippen MR) is 155 cm³/mol.